The van der Waals surface area contributed by atoms with Crippen molar-refractivity contribution in [2.45, 2.75) is 31.8 Å². The molecule has 1 aromatic heterocycles. The highest BCUT2D eigenvalue weighted by Gasteiger charge is 2.38. The number of amides is 2. The van der Waals surface area contributed by atoms with E-state index < -0.39 is 42.0 Å². The molecule has 38 heavy (non-hydrogen) atoms. The van der Waals surface area contributed by atoms with Gasteiger partial charge in [-0.3, -0.25) is 9.69 Å². The van der Waals surface area contributed by atoms with Crippen LogP contribution in [0.4, 0.5) is 38.1 Å². The molecule has 2 unspecified atom stereocenters. The predicted octanol–water partition coefficient (Wildman–Crippen LogP) is 1.21. The molecule has 2 aliphatic heterocycles. The Morgan fingerprint density at radius 1 is 1.18 bits per heavy atom. The molecule has 2 atom stereocenters. The summed E-state index contributed by atoms with van der Waals surface area (Å²) in [5.74, 6) is -4.51. The number of hydrogen-bond acceptors (Lipinski definition) is 8. The largest absolute Gasteiger partial charge is 0.490 e. The van der Waals surface area contributed by atoms with Gasteiger partial charge in [0.05, 0.1) is 31.0 Å². The topological polar surface area (TPSA) is 147 Å². The van der Waals surface area contributed by atoms with E-state index in [4.69, 9.17) is 20.4 Å². The Balaban J connectivity index is 0.000000505. The number of anilines is 2. The molecule has 0 bridgehead atoms. The third kappa shape index (κ3) is 6.84. The van der Waals surface area contributed by atoms with E-state index in [-0.39, 0.29) is 43.5 Å². The minimum Gasteiger partial charge on any atom is -0.475 e. The number of carboxylic acids is 1. The predicted molar refractivity (Wildman–Crippen MR) is 120 cm³/mol. The second kappa shape index (κ2) is 11.6. The van der Waals surface area contributed by atoms with Crippen LogP contribution in [0.5, 0.6) is 0 Å². The van der Waals surface area contributed by atoms with E-state index in [1.165, 1.54) is 15.8 Å². The van der Waals surface area contributed by atoms with Gasteiger partial charge >= 0.3 is 18.2 Å². The number of benzene rings is 1. The lowest BCUT2D eigenvalue weighted by molar-refractivity contribution is -0.192. The molecule has 2 aliphatic rings. The maximum Gasteiger partial charge on any atom is 0.490 e. The first-order chi connectivity index (χ1) is 17.8. The first-order valence-corrected chi connectivity index (χ1v) is 11.2. The number of ether oxygens (including phenoxy) is 1. The number of piperazine rings is 1. The summed E-state index contributed by atoms with van der Waals surface area (Å²) in [5.41, 5.74) is 5.52. The smallest absolute Gasteiger partial charge is 0.475 e. The Morgan fingerprint density at radius 2 is 1.76 bits per heavy atom. The van der Waals surface area contributed by atoms with Crippen molar-refractivity contribution in [3.05, 3.63) is 36.2 Å². The van der Waals surface area contributed by atoms with Crippen LogP contribution in [-0.4, -0.2) is 94.0 Å². The molecular weight excluding hydrogens is 525 g/mol. The summed E-state index contributed by atoms with van der Waals surface area (Å²) in [4.78, 5) is 37.5. The van der Waals surface area contributed by atoms with Crippen LogP contribution in [0.15, 0.2) is 24.5 Å². The van der Waals surface area contributed by atoms with E-state index >= 15 is 0 Å². The number of aromatic nitrogens is 3. The highest BCUT2D eigenvalue weighted by atomic mass is 19.4. The summed E-state index contributed by atoms with van der Waals surface area (Å²) in [5, 5.41) is 14.6. The fraction of sp³-hybridized carbons (Fsp3) is 0.476. The van der Waals surface area contributed by atoms with E-state index in [1.807, 2.05) is 0 Å². The number of halogens is 5. The number of carboxylic acid groups (broad SMARTS) is 1. The third-order valence-corrected chi connectivity index (χ3v) is 5.59. The fourth-order valence-corrected chi connectivity index (χ4v) is 3.81. The number of hydrogen-bond donors (Lipinski definition) is 2. The Hall–Kier alpha value is -4.02. The van der Waals surface area contributed by atoms with Gasteiger partial charge in [-0.05, 0) is 6.92 Å². The van der Waals surface area contributed by atoms with E-state index in [0.717, 1.165) is 12.1 Å². The van der Waals surface area contributed by atoms with Crippen molar-refractivity contribution in [3.8, 4) is 0 Å². The van der Waals surface area contributed by atoms with Crippen molar-refractivity contribution in [1.82, 2.24) is 19.9 Å². The van der Waals surface area contributed by atoms with Gasteiger partial charge in [0, 0.05) is 44.5 Å². The van der Waals surface area contributed by atoms with E-state index in [9.17, 15) is 31.5 Å². The van der Waals surface area contributed by atoms with Crippen molar-refractivity contribution in [1.29, 1.82) is 0 Å². The molecule has 2 amide bonds. The molecule has 4 rings (SSSR count). The third-order valence-electron chi connectivity index (χ3n) is 5.59. The van der Waals surface area contributed by atoms with E-state index in [0.29, 0.717) is 13.1 Å². The minimum atomic E-state index is -5.08. The standard InChI is InChI=1S/C19H23F2N7O3.C2HF3O2/c1-12(22)18(29)26-6-4-25(5-7-26)17-15(20)8-13(9-16(17)21)28-11-14(31-19(28)30)10-27-3-2-23-24-27;3-2(4,5)1(6)7/h2-3,8-9,12,14H,4-7,10-11,22H2,1H3;(H,6,7). The first-order valence-electron chi connectivity index (χ1n) is 11.2. The van der Waals surface area contributed by atoms with Gasteiger partial charge in [-0.25, -0.2) is 23.1 Å². The number of alkyl halides is 3. The minimum absolute atomic E-state index is 0.0793. The van der Waals surface area contributed by atoms with Crippen LogP contribution in [0.2, 0.25) is 0 Å². The molecule has 0 radical (unpaired) electrons. The van der Waals surface area contributed by atoms with Crippen LogP contribution >= 0.6 is 0 Å². The van der Waals surface area contributed by atoms with Gasteiger partial charge in [0.15, 0.2) is 11.6 Å². The lowest BCUT2D eigenvalue weighted by atomic mass is 10.2. The molecule has 0 aliphatic carbocycles. The maximum absolute atomic E-state index is 14.9. The summed E-state index contributed by atoms with van der Waals surface area (Å²) in [6.07, 6.45) is -3.15. The SMILES string of the molecule is CC(N)C(=O)N1CCN(c2c(F)cc(N3CC(Cn4ccnn4)OC3=O)cc2F)CC1.O=C(O)C(F)(F)F. The Kier molecular flexibility index (Phi) is 8.70. The number of nitrogens with two attached hydrogens (primary N) is 1. The monoisotopic (exact) mass is 549 g/mol. The molecule has 208 valence electrons. The molecule has 2 fully saturated rings. The molecule has 12 nitrogen and oxygen atoms in total. The van der Waals surface area contributed by atoms with Crippen LogP contribution in [0.1, 0.15) is 6.92 Å². The molecule has 2 saturated heterocycles. The lowest BCUT2D eigenvalue weighted by Crippen LogP contribution is -2.52. The number of carbonyl (C=O) groups is 3. The van der Waals surface area contributed by atoms with Crippen molar-refractivity contribution in [2.75, 3.05) is 42.5 Å². The summed E-state index contributed by atoms with van der Waals surface area (Å²) in [6.45, 7) is 3.22. The van der Waals surface area contributed by atoms with Gasteiger partial charge < -0.3 is 25.4 Å². The quantitative estimate of drug-likeness (QED) is 0.526. The molecule has 0 spiro atoms. The van der Waals surface area contributed by atoms with Gasteiger partial charge in [0.2, 0.25) is 5.91 Å². The maximum atomic E-state index is 14.9. The molecule has 1 aromatic carbocycles. The van der Waals surface area contributed by atoms with Crippen molar-refractivity contribution >= 4 is 29.3 Å². The zero-order chi connectivity index (χ0) is 28.2. The van der Waals surface area contributed by atoms with E-state index in [2.05, 4.69) is 10.3 Å². The molecule has 3 heterocycles. The second-order valence-electron chi connectivity index (χ2n) is 8.40. The summed E-state index contributed by atoms with van der Waals surface area (Å²) >= 11 is 0. The molecule has 3 N–H and O–H groups in total. The fourth-order valence-electron chi connectivity index (χ4n) is 3.81. The zero-order valence-corrected chi connectivity index (χ0v) is 19.9. The van der Waals surface area contributed by atoms with Crippen LogP contribution in [0.3, 0.4) is 0 Å². The lowest BCUT2D eigenvalue weighted by Gasteiger charge is -2.37. The number of carbonyl (C=O) groups excluding carboxylic acids is 2. The van der Waals surface area contributed by atoms with Gasteiger partial charge in [-0.2, -0.15) is 13.2 Å². The van der Waals surface area contributed by atoms with Gasteiger partial charge in [0.25, 0.3) is 0 Å². The van der Waals surface area contributed by atoms with Gasteiger partial charge in [0.1, 0.15) is 11.8 Å². The van der Waals surface area contributed by atoms with Crippen molar-refractivity contribution < 1.29 is 46.2 Å². The van der Waals surface area contributed by atoms with Crippen LogP contribution < -0.4 is 15.5 Å². The molecule has 0 saturated carbocycles. The Morgan fingerprint density at radius 3 is 2.24 bits per heavy atom. The van der Waals surface area contributed by atoms with Gasteiger partial charge in [-0.1, -0.05) is 5.21 Å². The van der Waals surface area contributed by atoms with E-state index in [1.54, 1.807) is 22.9 Å². The second-order valence-corrected chi connectivity index (χ2v) is 8.40. The summed E-state index contributed by atoms with van der Waals surface area (Å²) < 4.78 is 68.3. The Labute approximate surface area is 212 Å². The zero-order valence-electron chi connectivity index (χ0n) is 19.9. The van der Waals surface area contributed by atoms with Crippen LogP contribution in [-0.2, 0) is 20.9 Å². The van der Waals surface area contributed by atoms with Crippen LogP contribution in [0, 0.1) is 11.6 Å². The van der Waals surface area contributed by atoms with Crippen molar-refractivity contribution in [2.24, 2.45) is 5.73 Å². The molecule has 17 heteroatoms. The first kappa shape index (κ1) is 28.5. The normalized spacial score (nSPS) is 18.6. The highest BCUT2D eigenvalue weighted by Crippen LogP contribution is 2.31. The average Bonchev–Trinajstić information content (AvgIpc) is 3.47. The number of aliphatic carboxylic acids is 1. The number of cyclic esters (lactones) is 1. The van der Waals surface area contributed by atoms with Crippen LogP contribution in [0.25, 0.3) is 0 Å². The van der Waals surface area contributed by atoms with Crippen molar-refractivity contribution in [3.63, 3.8) is 0 Å². The highest BCUT2D eigenvalue weighted by molar-refractivity contribution is 5.90. The molecular formula is C21H24F5N7O5. The average molecular weight is 549 g/mol. The summed E-state index contributed by atoms with van der Waals surface area (Å²) in [6, 6.07) is 1.63. The number of nitrogens with zero attached hydrogens (tertiary/aromatic N) is 6. The van der Waals surface area contributed by atoms with Gasteiger partial charge in [-0.15, -0.1) is 5.10 Å². The number of rotatable bonds is 5. The Bertz CT molecular complexity index is 1130. The summed E-state index contributed by atoms with van der Waals surface area (Å²) in [7, 11) is 0. The molecule has 2 aromatic rings.